The first-order valence-electron chi connectivity index (χ1n) is 5.26. The Labute approximate surface area is 94.1 Å². The van der Waals surface area contributed by atoms with E-state index in [1.54, 1.807) is 24.3 Å². The molecule has 5 nitrogen and oxygen atoms in total. The van der Waals surface area contributed by atoms with Crippen LogP contribution in [0.3, 0.4) is 0 Å². The van der Waals surface area contributed by atoms with Gasteiger partial charge in [-0.1, -0.05) is 0 Å². The van der Waals surface area contributed by atoms with Gasteiger partial charge in [-0.15, -0.1) is 0 Å². The van der Waals surface area contributed by atoms with Crippen molar-refractivity contribution in [3.63, 3.8) is 0 Å². The number of hydrogen-bond donors (Lipinski definition) is 1. The third-order valence-electron chi connectivity index (χ3n) is 2.80. The number of ether oxygens (including phenoxy) is 1. The van der Waals surface area contributed by atoms with Crippen LogP contribution in [0.2, 0.25) is 0 Å². The van der Waals surface area contributed by atoms with Crippen molar-refractivity contribution in [3.05, 3.63) is 24.2 Å². The maximum absolute atomic E-state index is 12.1. The van der Waals surface area contributed by atoms with Crippen LogP contribution in [0.25, 0.3) is 0 Å². The van der Waals surface area contributed by atoms with Crippen molar-refractivity contribution in [2.75, 3.05) is 20.3 Å². The Balaban J connectivity index is 1.99. The fraction of sp³-hybridized carbons (Fsp3) is 0.545. The van der Waals surface area contributed by atoms with Crippen molar-refractivity contribution < 1.29 is 13.9 Å². The van der Waals surface area contributed by atoms with Crippen molar-refractivity contribution in [2.45, 2.75) is 18.5 Å². The van der Waals surface area contributed by atoms with Crippen LogP contribution in [0.1, 0.15) is 12.2 Å². The second kappa shape index (κ2) is 4.27. The Morgan fingerprint density at radius 3 is 3.06 bits per heavy atom. The second-order valence-electron chi connectivity index (χ2n) is 4.20. The zero-order chi connectivity index (χ0) is 11.6. The predicted molar refractivity (Wildman–Crippen MR) is 57.5 cm³/mol. The molecule has 5 heteroatoms. The minimum Gasteiger partial charge on any atom is -0.467 e. The number of carbonyl (C=O) groups is 1. The molecular formula is C11H16N2O3. The monoisotopic (exact) mass is 224 g/mol. The zero-order valence-electron chi connectivity index (χ0n) is 9.31. The molecule has 0 radical (unpaired) electrons. The average molecular weight is 224 g/mol. The molecule has 1 aliphatic heterocycles. The molecule has 2 heterocycles. The summed E-state index contributed by atoms with van der Waals surface area (Å²) in [6.07, 6.45) is 2.17. The molecule has 1 amide bonds. The first kappa shape index (κ1) is 11.2. The normalized spacial score (nSPS) is 24.6. The number of carbonyl (C=O) groups excluding carboxylic acids is 1. The molecule has 1 saturated heterocycles. The van der Waals surface area contributed by atoms with Crippen LogP contribution in [0, 0.1) is 0 Å². The van der Waals surface area contributed by atoms with E-state index in [0.29, 0.717) is 26.2 Å². The lowest BCUT2D eigenvalue weighted by Gasteiger charge is -2.26. The topological polar surface area (TPSA) is 68.7 Å². The minimum absolute atomic E-state index is 0.0959. The molecular weight excluding hydrogens is 208 g/mol. The summed E-state index contributed by atoms with van der Waals surface area (Å²) in [4.78, 5) is 13.6. The molecule has 16 heavy (non-hydrogen) atoms. The van der Waals surface area contributed by atoms with E-state index >= 15 is 0 Å². The summed E-state index contributed by atoms with van der Waals surface area (Å²) < 4.78 is 10.4. The summed E-state index contributed by atoms with van der Waals surface area (Å²) in [5.74, 6) is 0.653. The van der Waals surface area contributed by atoms with Gasteiger partial charge in [-0.2, -0.15) is 0 Å². The van der Waals surface area contributed by atoms with Crippen molar-refractivity contribution in [3.8, 4) is 0 Å². The molecule has 88 valence electrons. The quantitative estimate of drug-likeness (QED) is 0.804. The molecule has 0 bridgehead atoms. The minimum atomic E-state index is -0.860. The molecule has 1 fully saturated rings. The van der Waals surface area contributed by atoms with E-state index in [1.807, 2.05) is 6.07 Å². The number of nitrogens with two attached hydrogens (primary N) is 1. The lowest BCUT2D eigenvalue weighted by molar-refractivity contribution is -0.136. The van der Waals surface area contributed by atoms with Gasteiger partial charge in [0.05, 0.1) is 19.4 Å². The smallest absolute Gasteiger partial charge is 0.245 e. The Morgan fingerprint density at radius 2 is 2.50 bits per heavy atom. The van der Waals surface area contributed by atoms with Crippen LogP contribution in [0.4, 0.5) is 0 Å². The molecule has 0 aromatic carbocycles. The number of rotatable bonds is 3. The van der Waals surface area contributed by atoms with Gasteiger partial charge in [0.15, 0.2) is 0 Å². The standard InChI is InChI=1S/C11H16N2O3/c1-13(7-9-3-2-5-16-9)10(14)11(12)4-6-15-8-11/h2-3,5H,4,6-8,12H2,1H3. The summed E-state index contributed by atoms with van der Waals surface area (Å²) in [5.41, 5.74) is 5.13. The maximum Gasteiger partial charge on any atom is 0.245 e. The van der Waals surface area contributed by atoms with E-state index in [2.05, 4.69) is 0 Å². The molecule has 1 atom stereocenters. The van der Waals surface area contributed by atoms with Gasteiger partial charge in [-0.3, -0.25) is 4.79 Å². The van der Waals surface area contributed by atoms with E-state index in [4.69, 9.17) is 14.9 Å². The van der Waals surface area contributed by atoms with Crippen molar-refractivity contribution >= 4 is 5.91 Å². The van der Waals surface area contributed by atoms with E-state index < -0.39 is 5.54 Å². The van der Waals surface area contributed by atoms with Crippen LogP contribution in [0.5, 0.6) is 0 Å². The summed E-state index contributed by atoms with van der Waals surface area (Å²) in [7, 11) is 1.72. The maximum atomic E-state index is 12.1. The number of hydrogen-bond acceptors (Lipinski definition) is 4. The highest BCUT2D eigenvalue weighted by Crippen LogP contribution is 2.19. The van der Waals surface area contributed by atoms with Gasteiger partial charge in [0.2, 0.25) is 5.91 Å². The number of amides is 1. The first-order valence-corrected chi connectivity index (χ1v) is 5.26. The Bertz CT molecular complexity index is 355. The van der Waals surface area contributed by atoms with Gasteiger partial charge in [0.25, 0.3) is 0 Å². The van der Waals surface area contributed by atoms with Crippen LogP contribution in [0.15, 0.2) is 22.8 Å². The number of furan rings is 1. The predicted octanol–water partition coefficient (Wildman–Crippen LogP) is 0.356. The SMILES string of the molecule is CN(Cc1ccco1)C(=O)C1(N)CCOC1. The second-order valence-corrected chi connectivity index (χ2v) is 4.20. The lowest BCUT2D eigenvalue weighted by atomic mass is 9.98. The lowest BCUT2D eigenvalue weighted by Crippen LogP contribution is -2.54. The molecule has 1 aromatic heterocycles. The largest absolute Gasteiger partial charge is 0.467 e. The van der Waals surface area contributed by atoms with E-state index in [1.165, 1.54) is 0 Å². The highest BCUT2D eigenvalue weighted by atomic mass is 16.5. The number of likely N-dealkylation sites (N-methyl/N-ethyl adjacent to an activating group) is 1. The van der Waals surface area contributed by atoms with Gasteiger partial charge < -0.3 is 19.8 Å². The summed E-state index contributed by atoms with van der Waals surface area (Å²) in [6, 6.07) is 3.63. The van der Waals surface area contributed by atoms with Crippen LogP contribution < -0.4 is 5.73 Å². The van der Waals surface area contributed by atoms with Gasteiger partial charge in [-0.05, 0) is 18.6 Å². The van der Waals surface area contributed by atoms with Crippen molar-refractivity contribution in [1.82, 2.24) is 4.90 Å². The van der Waals surface area contributed by atoms with Crippen LogP contribution in [-0.4, -0.2) is 36.6 Å². The molecule has 2 N–H and O–H groups in total. The summed E-state index contributed by atoms with van der Waals surface area (Å²) in [6.45, 7) is 1.29. The summed E-state index contributed by atoms with van der Waals surface area (Å²) >= 11 is 0. The molecule has 1 unspecified atom stereocenters. The zero-order valence-corrected chi connectivity index (χ0v) is 9.31. The third kappa shape index (κ3) is 2.10. The molecule has 0 saturated carbocycles. The van der Waals surface area contributed by atoms with Crippen LogP contribution >= 0.6 is 0 Å². The van der Waals surface area contributed by atoms with Gasteiger partial charge in [0.1, 0.15) is 11.3 Å². The molecule has 1 aromatic rings. The van der Waals surface area contributed by atoms with Gasteiger partial charge in [-0.25, -0.2) is 0 Å². The Kier molecular flexibility index (Phi) is 2.98. The fourth-order valence-electron chi connectivity index (χ4n) is 1.84. The highest BCUT2D eigenvalue weighted by molar-refractivity contribution is 5.86. The van der Waals surface area contributed by atoms with E-state index in [-0.39, 0.29) is 5.91 Å². The molecule has 0 aliphatic carbocycles. The van der Waals surface area contributed by atoms with E-state index in [0.717, 1.165) is 5.76 Å². The Morgan fingerprint density at radius 1 is 1.69 bits per heavy atom. The third-order valence-corrected chi connectivity index (χ3v) is 2.80. The molecule has 1 aliphatic rings. The van der Waals surface area contributed by atoms with Gasteiger partial charge >= 0.3 is 0 Å². The van der Waals surface area contributed by atoms with E-state index in [9.17, 15) is 4.79 Å². The van der Waals surface area contributed by atoms with Crippen LogP contribution in [-0.2, 0) is 16.1 Å². The molecule has 2 rings (SSSR count). The fourth-order valence-corrected chi connectivity index (χ4v) is 1.84. The van der Waals surface area contributed by atoms with Gasteiger partial charge in [0, 0.05) is 13.7 Å². The highest BCUT2D eigenvalue weighted by Gasteiger charge is 2.40. The van der Waals surface area contributed by atoms with Crippen molar-refractivity contribution in [2.24, 2.45) is 5.73 Å². The summed E-state index contributed by atoms with van der Waals surface area (Å²) in [5, 5.41) is 0. The van der Waals surface area contributed by atoms with Crippen molar-refractivity contribution in [1.29, 1.82) is 0 Å². The number of nitrogens with zero attached hydrogens (tertiary/aromatic N) is 1. The first-order chi connectivity index (χ1) is 7.62. The average Bonchev–Trinajstić information content (AvgIpc) is 2.89. The Hall–Kier alpha value is -1.33. The molecule has 0 spiro atoms.